The summed E-state index contributed by atoms with van der Waals surface area (Å²) in [6.07, 6.45) is 0.910. The average Bonchev–Trinajstić information content (AvgIpc) is 3.09. The predicted molar refractivity (Wildman–Crippen MR) is 92.1 cm³/mol. The molecule has 0 aliphatic carbocycles. The zero-order chi connectivity index (χ0) is 19.7. The fourth-order valence-electron chi connectivity index (χ4n) is 2.92. The molecule has 2 aromatic rings. The molecule has 0 saturated heterocycles. The molecular formula is C19H18O8. The Labute approximate surface area is 155 Å². The Morgan fingerprint density at radius 2 is 1.85 bits per heavy atom. The fourth-order valence-corrected chi connectivity index (χ4v) is 2.92. The number of carbonyl (C=O) groups excluding carboxylic acids is 3. The summed E-state index contributed by atoms with van der Waals surface area (Å²) < 4.78 is 26.1. The lowest BCUT2D eigenvalue weighted by Gasteiger charge is -2.19. The predicted octanol–water partition coefficient (Wildman–Crippen LogP) is 2.67. The van der Waals surface area contributed by atoms with Gasteiger partial charge in [-0.3, -0.25) is 9.59 Å². The molecule has 0 radical (unpaired) electrons. The van der Waals surface area contributed by atoms with Crippen molar-refractivity contribution in [2.75, 3.05) is 21.3 Å². The van der Waals surface area contributed by atoms with Crippen LogP contribution in [0.4, 0.5) is 0 Å². The molecule has 8 nitrogen and oxygen atoms in total. The highest BCUT2D eigenvalue weighted by Crippen LogP contribution is 2.38. The monoisotopic (exact) mass is 374 g/mol. The number of benzene rings is 1. The maximum atomic E-state index is 13.2. The Balaban J connectivity index is 2.18. The molecule has 1 aliphatic rings. The van der Waals surface area contributed by atoms with E-state index in [9.17, 15) is 14.4 Å². The first kappa shape index (κ1) is 18.5. The minimum absolute atomic E-state index is 0.0106. The minimum Gasteiger partial charge on any atom is -0.497 e. The third kappa shape index (κ3) is 3.14. The SMILES string of the molecule is COC(=O)c1cc(OC)cc(OC)c1C(=O)c1coc2c1O[C@@H](C)CC2=O. The average molecular weight is 374 g/mol. The van der Waals surface area contributed by atoms with Gasteiger partial charge in [-0.2, -0.15) is 0 Å². The van der Waals surface area contributed by atoms with Gasteiger partial charge in [-0.25, -0.2) is 4.79 Å². The van der Waals surface area contributed by atoms with Crippen LogP contribution < -0.4 is 14.2 Å². The number of carbonyl (C=O) groups is 3. The van der Waals surface area contributed by atoms with Crippen molar-refractivity contribution < 1.29 is 37.7 Å². The second-order valence-corrected chi connectivity index (χ2v) is 5.94. The van der Waals surface area contributed by atoms with E-state index in [4.69, 9.17) is 23.4 Å². The molecule has 0 amide bonds. The standard InChI is InChI=1S/C19H18O8/c1-9-5-13(20)18-17(27-9)12(8-26-18)16(21)15-11(19(22)25-4)6-10(23-2)7-14(15)24-3/h6-9H,5H2,1-4H3/t9-/m0/s1. The first-order chi connectivity index (χ1) is 12.9. The summed E-state index contributed by atoms with van der Waals surface area (Å²) in [7, 11) is 3.98. The van der Waals surface area contributed by atoms with E-state index in [1.54, 1.807) is 6.92 Å². The van der Waals surface area contributed by atoms with Crippen LogP contribution in [0, 0.1) is 0 Å². The van der Waals surface area contributed by atoms with Crippen LogP contribution in [-0.4, -0.2) is 45.0 Å². The lowest BCUT2D eigenvalue weighted by atomic mass is 9.96. The molecule has 0 spiro atoms. The number of ketones is 2. The van der Waals surface area contributed by atoms with Gasteiger partial charge in [-0.1, -0.05) is 0 Å². The van der Waals surface area contributed by atoms with E-state index in [2.05, 4.69) is 0 Å². The molecular weight excluding hydrogens is 356 g/mol. The Hall–Kier alpha value is -3.29. The van der Waals surface area contributed by atoms with Crippen molar-refractivity contribution in [1.82, 2.24) is 0 Å². The molecule has 1 atom stereocenters. The normalized spacial score (nSPS) is 15.6. The molecule has 0 bridgehead atoms. The zero-order valence-corrected chi connectivity index (χ0v) is 15.3. The van der Waals surface area contributed by atoms with Crippen LogP contribution in [0.1, 0.15) is 50.2 Å². The fraction of sp³-hybridized carbons (Fsp3) is 0.316. The van der Waals surface area contributed by atoms with Crippen molar-refractivity contribution in [2.24, 2.45) is 0 Å². The van der Waals surface area contributed by atoms with Crippen molar-refractivity contribution in [3.63, 3.8) is 0 Å². The van der Waals surface area contributed by atoms with Gasteiger partial charge >= 0.3 is 5.97 Å². The molecule has 1 aliphatic heterocycles. The van der Waals surface area contributed by atoms with Crippen LogP contribution in [0.2, 0.25) is 0 Å². The van der Waals surface area contributed by atoms with Crippen LogP contribution in [-0.2, 0) is 4.74 Å². The maximum absolute atomic E-state index is 13.2. The number of hydrogen-bond acceptors (Lipinski definition) is 8. The van der Waals surface area contributed by atoms with E-state index in [0.29, 0.717) is 5.75 Å². The number of rotatable bonds is 5. The van der Waals surface area contributed by atoms with Crippen molar-refractivity contribution in [3.05, 3.63) is 40.8 Å². The molecule has 27 heavy (non-hydrogen) atoms. The zero-order valence-electron chi connectivity index (χ0n) is 15.3. The number of ether oxygens (including phenoxy) is 4. The lowest BCUT2D eigenvalue weighted by molar-refractivity contribution is 0.0596. The van der Waals surface area contributed by atoms with Gasteiger partial charge in [0.1, 0.15) is 29.4 Å². The maximum Gasteiger partial charge on any atom is 0.338 e. The van der Waals surface area contributed by atoms with Gasteiger partial charge in [0.2, 0.25) is 17.3 Å². The van der Waals surface area contributed by atoms with E-state index < -0.39 is 17.9 Å². The van der Waals surface area contributed by atoms with Crippen LogP contribution in [0.3, 0.4) is 0 Å². The minimum atomic E-state index is -0.738. The van der Waals surface area contributed by atoms with Crippen molar-refractivity contribution in [3.8, 4) is 17.2 Å². The number of methoxy groups -OCH3 is 3. The summed E-state index contributed by atoms with van der Waals surface area (Å²) in [4.78, 5) is 37.6. The molecule has 1 aromatic heterocycles. The summed E-state index contributed by atoms with van der Waals surface area (Å²) in [6, 6.07) is 2.85. The van der Waals surface area contributed by atoms with Gasteiger partial charge in [-0.15, -0.1) is 0 Å². The van der Waals surface area contributed by atoms with Crippen LogP contribution in [0.5, 0.6) is 17.2 Å². The second kappa shape index (κ2) is 7.14. The molecule has 8 heteroatoms. The highest BCUT2D eigenvalue weighted by molar-refractivity contribution is 6.18. The number of furan rings is 1. The smallest absolute Gasteiger partial charge is 0.338 e. The molecule has 0 N–H and O–H groups in total. The molecule has 0 unspecified atom stereocenters. The first-order valence-electron chi connectivity index (χ1n) is 8.11. The molecule has 3 rings (SSSR count). The van der Waals surface area contributed by atoms with Crippen molar-refractivity contribution in [2.45, 2.75) is 19.4 Å². The third-order valence-electron chi connectivity index (χ3n) is 4.20. The topological polar surface area (TPSA) is 101 Å². The molecule has 1 aromatic carbocycles. The quantitative estimate of drug-likeness (QED) is 0.581. The summed E-state index contributed by atoms with van der Waals surface area (Å²) >= 11 is 0. The van der Waals surface area contributed by atoms with Crippen LogP contribution in [0.25, 0.3) is 0 Å². The van der Waals surface area contributed by atoms with Gasteiger partial charge in [0.25, 0.3) is 0 Å². The van der Waals surface area contributed by atoms with Crippen LogP contribution >= 0.6 is 0 Å². The van der Waals surface area contributed by atoms with Crippen LogP contribution in [0.15, 0.2) is 22.8 Å². The summed E-state index contributed by atoms with van der Waals surface area (Å²) in [5.74, 6) is -1.10. The highest BCUT2D eigenvalue weighted by Gasteiger charge is 2.35. The molecule has 0 saturated carbocycles. The van der Waals surface area contributed by atoms with Gasteiger partial charge in [0.15, 0.2) is 5.75 Å². The molecule has 142 valence electrons. The van der Waals surface area contributed by atoms with Gasteiger partial charge in [-0.05, 0) is 13.0 Å². The van der Waals surface area contributed by atoms with E-state index in [0.717, 1.165) is 6.26 Å². The summed E-state index contributed by atoms with van der Waals surface area (Å²) in [6.45, 7) is 1.72. The first-order valence-corrected chi connectivity index (χ1v) is 8.11. The van der Waals surface area contributed by atoms with E-state index in [1.165, 1.54) is 33.5 Å². The number of fused-ring (bicyclic) bond motifs is 1. The third-order valence-corrected chi connectivity index (χ3v) is 4.20. The van der Waals surface area contributed by atoms with Gasteiger partial charge < -0.3 is 23.4 Å². The Morgan fingerprint density at radius 1 is 1.11 bits per heavy atom. The summed E-state index contributed by atoms with van der Waals surface area (Å²) in [5.41, 5.74) is -0.0506. The Kier molecular flexibility index (Phi) is 4.89. The van der Waals surface area contributed by atoms with E-state index in [-0.39, 0.29) is 46.2 Å². The van der Waals surface area contributed by atoms with E-state index in [1.807, 2.05) is 0 Å². The van der Waals surface area contributed by atoms with Gasteiger partial charge in [0, 0.05) is 6.07 Å². The van der Waals surface area contributed by atoms with Gasteiger partial charge in [0.05, 0.1) is 38.9 Å². The lowest BCUT2D eigenvalue weighted by Crippen LogP contribution is -2.24. The Morgan fingerprint density at radius 3 is 2.48 bits per heavy atom. The molecule has 2 heterocycles. The number of Topliss-reactive ketones (excluding diaryl/α,β-unsaturated/α-hetero) is 1. The highest BCUT2D eigenvalue weighted by atomic mass is 16.5. The van der Waals surface area contributed by atoms with E-state index >= 15 is 0 Å². The number of hydrogen-bond donors (Lipinski definition) is 0. The summed E-state index contributed by atoms with van der Waals surface area (Å²) in [5, 5.41) is 0. The largest absolute Gasteiger partial charge is 0.497 e. The Bertz CT molecular complexity index is 924. The van der Waals surface area contributed by atoms with Crippen molar-refractivity contribution >= 4 is 17.5 Å². The number of esters is 1. The van der Waals surface area contributed by atoms with Crippen molar-refractivity contribution in [1.29, 1.82) is 0 Å². The second-order valence-electron chi connectivity index (χ2n) is 5.94. The molecule has 0 fully saturated rings.